The van der Waals surface area contributed by atoms with E-state index in [2.05, 4.69) is 42.7 Å². The summed E-state index contributed by atoms with van der Waals surface area (Å²) in [7, 11) is 0. The Bertz CT molecular complexity index is 795. The first kappa shape index (κ1) is 14.3. The Morgan fingerprint density at radius 1 is 1.00 bits per heavy atom. The third-order valence-electron chi connectivity index (χ3n) is 4.12. The lowest BCUT2D eigenvalue weighted by molar-refractivity contribution is 0.636. The zero-order valence-electron chi connectivity index (χ0n) is 13.0. The summed E-state index contributed by atoms with van der Waals surface area (Å²) < 4.78 is 0. The quantitative estimate of drug-likeness (QED) is 0.736. The molecule has 0 unspecified atom stereocenters. The van der Waals surface area contributed by atoms with Crippen molar-refractivity contribution in [3.05, 3.63) is 35.7 Å². The molecule has 0 saturated carbocycles. The van der Waals surface area contributed by atoms with E-state index in [1.165, 1.54) is 10.3 Å². The second-order valence-corrected chi connectivity index (χ2v) is 6.62. The molecule has 0 radical (unpaired) electrons. The Morgan fingerprint density at radius 2 is 1.74 bits per heavy atom. The third-order valence-corrected chi connectivity index (χ3v) is 5.31. The van der Waals surface area contributed by atoms with Crippen LogP contribution in [0.15, 0.2) is 30.9 Å². The van der Waals surface area contributed by atoms with Gasteiger partial charge in [-0.3, -0.25) is 0 Å². The summed E-state index contributed by atoms with van der Waals surface area (Å²) in [6.07, 6.45) is 6.31. The van der Waals surface area contributed by atoms with E-state index in [9.17, 15) is 0 Å². The standard InChI is InChI=1S/C16H18N6S/c1-2-12-10-13-14(19-11-20-15(13)23-12)21-6-8-22(9-7-21)16-17-4-3-5-18-16/h3-5,10-11H,2,6-9H2,1H3. The lowest BCUT2D eigenvalue weighted by Gasteiger charge is -2.35. The number of piperazine rings is 1. The first-order valence-electron chi connectivity index (χ1n) is 7.85. The van der Waals surface area contributed by atoms with Crippen LogP contribution < -0.4 is 9.80 Å². The molecule has 4 rings (SSSR count). The van der Waals surface area contributed by atoms with Gasteiger partial charge in [0.15, 0.2) is 0 Å². The molecule has 1 aliphatic rings. The predicted octanol–water partition coefficient (Wildman–Crippen LogP) is 2.37. The Hall–Kier alpha value is -2.28. The number of aryl methyl sites for hydroxylation is 1. The summed E-state index contributed by atoms with van der Waals surface area (Å²) in [4.78, 5) is 24.6. The molecule has 23 heavy (non-hydrogen) atoms. The number of rotatable bonds is 3. The average molecular weight is 326 g/mol. The number of aromatic nitrogens is 4. The molecule has 4 heterocycles. The van der Waals surface area contributed by atoms with Gasteiger partial charge in [-0.15, -0.1) is 11.3 Å². The number of fused-ring (bicyclic) bond motifs is 1. The maximum absolute atomic E-state index is 4.55. The molecule has 6 nitrogen and oxygen atoms in total. The molecule has 3 aromatic rings. The van der Waals surface area contributed by atoms with Crippen LogP contribution in [0.3, 0.4) is 0 Å². The van der Waals surface area contributed by atoms with Crippen LogP contribution in [-0.4, -0.2) is 46.1 Å². The van der Waals surface area contributed by atoms with Crippen LogP contribution in [0, 0.1) is 0 Å². The smallest absolute Gasteiger partial charge is 0.225 e. The lowest BCUT2D eigenvalue weighted by Crippen LogP contribution is -2.47. The van der Waals surface area contributed by atoms with Crippen molar-refractivity contribution >= 4 is 33.3 Å². The molecule has 7 heteroatoms. The minimum atomic E-state index is 0.809. The largest absolute Gasteiger partial charge is 0.352 e. The highest BCUT2D eigenvalue weighted by atomic mass is 32.1. The van der Waals surface area contributed by atoms with Crippen LogP contribution in [0.25, 0.3) is 10.2 Å². The molecule has 1 fully saturated rings. The fraction of sp³-hybridized carbons (Fsp3) is 0.375. The van der Waals surface area contributed by atoms with E-state index in [1.807, 2.05) is 6.07 Å². The molecular formula is C16H18N6S. The third kappa shape index (κ3) is 2.72. The number of hydrogen-bond donors (Lipinski definition) is 0. The maximum atomic E-state index is 4.55. The van der Waals surface area contributed by atoms with Gasteiger partial charge in [-0.1, -0.05) is 6.92 Å². The second-order valence-electron chi connectivity index (χ2n) is 5.51. The van der Waals surface area contributed by atoms with E-state index < -0.39 is 0 Å². The van der Waals surface area contributed by atoms with Gasteiger partial charge in [-0.2, -0.15) is 0 Å². The SMILES string of the molecule is CCc1cc2c(N3CCN(c4ncccn4)CC3)ncnc2s1. The molecule has 0 atom stereocenters. The molecule has 0 bridgehead atoms. The Morgan fingerprint density at radius 3 is 2.48 bits per heavy atom. The summed E-state index contributed by atoms with van der Waals surface area (Å²) in [6, 6.07) is 4.08. The van der Waals surface area contributed by atoms with Gasteiger partial charge in [0.2, 0.25) is 5.95 Å². The first-order chi connectivity index (χ1) is 11.3. The second kappa shape index (κ2) is 6.08. The minimum absolute atomic E-state index is 0.809. The Balaban J connectivity index is 1.55. The normalized spacial score (nSPS) is 15.3. The maximum Gasteiger partial charge on any atom is 0.225 e. The Labute approximate surface area is 138 Å². The predicted molar refractivity (Wildman–Crippen MR) is 93.3 cm³/mol. The van der Waals surface area contributed by atoms with Gasteiger partial charge in [0, 0.05) is 43.4 Å². The zero-order valence-corrected chi connectivity index (χ0v) is 13.8. The molecular weight excluding hydrogens is 308 g/mol. The summed E-state index contributed by atoms with van der Waals surface area (Å²) in [5.41, 5.74) is 0. The monoisotopic (exact) mass is 326 g/mol. The van der Waals surface area contributed by atoms with Crippen molar-refractivity contribution in [2.24, 2.45) is 0 Å². The number of anilines is 2. The number of thiophene rings is 1. The molecule has 1 aliphatic heterocycles. The topological polar surface area (TPSA) is 58.0 Å². The highest BCUT2D eigenvalue weighted by molar-refractivity contribution is 7.18. The fourth-order valence-electron chi connectivity index (χ4n) is 2.89. The van der Waals surface area contributed by atoms with Gasteiger partial charge in [0.05, 0.1) is 5.39 Å². The van der Waals surface area contributed by atoms with Crippen molar-refractivity contribution in [3.8, 4) is 0 Å². The van der Waals surface area contributed by atoms with E-state index >= 15 is 0 Å². The van der Waals surface area contributed by atoms with Crippen LogP contribution in [-0.2, 0) is 6.42 Å². The van der Waals surface area contributed by atoms with Gasteiger partial charge in [0.1, 0.15) is 17.0 Å². The summed E-state index contributed by atoms with van der Waals surface area (Å²) in [6.45, 7) is 5.82. The highest BCUT2D eigenvalue weighted by Crippen LogP contribution is 2.31. The van der Waals surface area contributed by atoms with E-state index in [-0.39, 0.29) is 0 Å². The van der Waals surface area contributed by atoms with Gasteiger partial charge >= 0.3 is 0 Å². The van der Waals surface area contributed by atoms with Crippen LogP contribution in [0.2, 0.25) is 0 Å². The van der Waals surface area contributed by atoms with E-state index in [0.717, 1.165) is 49.2 Å². The lowest BCUT2D eigenvalue weighted by atomic mass is 10.2. The first-order valence-corrected chi connectivity index (χ1v) is 8.67. The molecule has 1 saturated heterocycles. The van der Waals surface area contributed by atoms with Crippen molar-refractivity contribution in [3.63, 3.8) is 0 Å². The zero-order chi connectivity index (χ0) is 15.6. The van der Waals surface area contributed by atoms with Crippen molar-refractivity contribution in [1.29, 1.82) is 0 Å². The molecule has 118 valence electrons. The van der Waals surface area contributed by atoms with Gasteiger partial charge in [-0.05, 0) is 18.6 Å². The van der Waals surface area contributed by atoms with Gasteiger partial charge in [0.25, 0.3) is 0 Å². The Kier molecular flexibility index (Phi) is 3.78. The van der Waals surface area contributed by atoms with Crippen LogP contribution in [0.4, 0.5) is 11.8 Å². The molecule has 3 aromatic heterocycles. The minimum Gasteiger partial charge on any atom is -0.352 e. The van der Waals surface area contributed by atoms with Crippen LogP contribution in [0.1, 0.15) is 11.8 Å². The summed E-state index contributed by atoms with van der Waals surface area (Å²) in [5.74, 6) is 1.86. The van der Waals surface area contributed by atoms with Crippen molar-refractivity contribution in [2.45, 2.75) is 13.3 Å². The fourth-order valence-corrected chi connectivity index (χ4v) is 3.82. The molecule has 0 N–H and O–H groups in total. The van der Waals surface area contributed by atoms with Crippen LogP contribution >= 0.6 is 11.3 Å². The van der Waals surface area contributed by atoms with Gasteiger partial charge < -0.3 is 9.80 Å². The molecule has 0 aliphatic carbocycles. The van der Waals surface area contributed by atoms with Gasteiger partial charge in [-0.25, -0.2) is 19.9 Å². The summed E-state index contributed by atoms with van der Waals surface area (Å²) >= 11 is 1.76. The highest BCUT2D eigenvalue weighted by Gasteiger charge is 2.22. The molecule has 0 amide bonds. The van der Waals surface area contributed by atoms with E-state index in [0.29, 0.717) is 0 Å². The summed E-state index contributed by atoms with van der Waals surface area (Å²) in [5, 5.41) is 1.18. The van der Waals surface area contributed by atoms with E-state index in [1.54, 1.807) is 30.1 Å². The molecule has 0 spiro atoms. The van der Waals surface area contributed by atoms with Crippen molar-refractivity contribution in [2.75, 3.05) is 36.0 Å². The van der Waals surface area contributed by atoms with Crippen molar-refractivity contribution < 1.29 is 0 Å². The van der Waals surface area contributed by atoms with Crippen molar-refractivity contribution in [1.82, 2.24) is 19.9 Å². The average Bonchev–Trinajstić information content (AvgIpc) is 3.06. The molecule has 0 aromatic carbocycles. The number of hydrogen-bond acceptors (Lipinski definition) is 7. The van der Waals surface area contributed by atoms with E-state index in [4.69, 9.17) is 0 Å². The van der Waals surface area contributed by atoms with Crippen LogP contribution in [0.5, 0.6) is 0 Å². The number of nitrogens with zero attached hydrogens (tertiary/aromatic N) is 6.